The summed E-state index contributed by atoms with van der Waals surface area (Å²) in [6.07, 6.45) is -0.492. The van der Waals surface area contributed by atoms with E-state index in [-0.39, 0.29) is 12.1 Å². The van der Waals surface area contributed by atoms with Crippen molar-refractivity contribution in [1.82, 2.24) is 5.32 Å². The molecule has 2 atom stereocenters. The first-order chi connectivity index (χ1) is 9.81. The molecule has 4 nitrogen and oxygen atoms in total. The van der Waals surface area contributed by atoms with Crippen molar-refractivity contribution in [3.63, 3.8) is 0 Å². The Labute approximate surface area is 140 Å². The Morgan fingerprint density at radius 1 is 1.29 bits per heavy atom. The first-order valence-corrected chi connectivity index (χ1v) is 8.55. The van der Waals surface area contributed by atoms with Crippen LogP contribution >= 0.6 is 22.6 Å². The molecule has 0 aliphatic carbocycles. The van der Waals surface area contributed by atoms with Crippen molar-refractivity contribution in [2.24, 2.45) is 0 Å². The number of rotatable bonds is 6. The number of hydrogen-bond donors (Lipinski definition) is 1. The number of alkyl carbamates (subject to hydrolysis) is 1. The third-order valence-electron chi connectivity index (χ3n) is 2.79. The van der Waals surface area contributed by atoms with E-state index in [1.165, 1.54) is 0 Å². The van der Waals surface area contributed by atoms with Crippen LogP contribution in [0.2, 0.25) is 0 Å². The van der Waals surface area contributed by atoms with E-state index in [4.69, 9.17) is 9.47 Å². The van der Waals surface area contributed by atoms with Gasteiger partial charge >= 0.3 is 6.09 Å². The van der Waals surface area contributed by atoms with Gasteiger partial charge < -0.3 is 14.8 Å². The number of hydrogen-bond acceptors (Lipinski definition) is 3. The van der Waals surface area contributed by atoms with Gasteiger partial charge in [0.1, 0.15) is 5.60 Å². The molecule has 1 amide bonds. The average Bonchev–Trinajstić information content (AvgIpc) is 2.41. The van der Waals surface area contributed by atoms with Crippen LogP contribution in [0.5, 0.6) is 0 Å². The summed E-state index contributed by atoms with van der Waals surface area (Å²) in [7, 11) is 0. The maximum absolute atomic E-state index is 11.8. The summed E-state index contributed by atoms with van der Waals surface area (Å²) in [6, 6.07) is 9.91. The lowest BCUT2D eigenvalue weighted by molar-refractivity contribution is 0.0197. The van der Waals surface area contributed by atoms with Crippen molar-refractivity contribution < 1.29 is 14.3 Å². The highest BCUT2D eigenvalue weighted by atomic mass is 127. The van der Waals surface area contributed by atoms with Crippen molar-refractivity contribution >= 4 is 28.7 Å². The molecule has 0 aromatic heterocycles. The minimum absolute atomic E-state index is 0.0795. The van der Waals surface area contributed by atoms with Crippen LogP contribution in [0.1, 0.15) is 33.3 Å². The number of carbonyl (C=O) groups is 1. The monoisotopic (exact) mass is 405 g/mol. The molecule has 0 unspecified atom stereocenters. The smallest absolute Gasteiger partial charge is 0.407 e. The lowest BCUT2D eigenvalue weighted by Gasteiger charge is -2.26. The second kappa shape index (κ2) is 8.58. The number of nitrogens with one attached hydrogen (secondary N) is 1. The molecule has 21 heavy (non-hydrogen) atoms. The molecule has 0 aliphatic heterocycles. The summed E-state index contributed by atoms with van der Waals surface area (Å²) in [5.74, 6) is 0. The van der Waals surface area contributed by atoms with Crippen LogP contribution in [-0.4, -0.2) is 28.3 Å². The Morgan fingerprint density at radius 2 is 1.90 bits per heavy atom. The van der Waals surface area contributed by atoms with Crippen LogP contribution in [-0.2, 0) is 16.1 Å². The summed E-state index contributed by atoms with van der Waals surface area (Å²) in [6.45, 7) is 8.04. The fourth-order valence-electron chi connectivity index (χ4n) is 1.66. The normalized spacial score (nSPS) is 14.3. The van der Waals surface area contributed by atoms with E-state index in [1.807, 2.05) is 58.0 Å². The number of benzene rings is 1. The Kier molecular flexibility index (Phi) is 7.45. The average molecular weight is 405 g/mol. The predicted molar refractivity (Wildman–Crippen MR) is 92.7 cm³/mol. The predicted octanol–water partition coefficient (Wildman–Crippen LogP) is 3.92. The zero-order valence-corrected chi connectivity index (χ0v) is 15.2. The fraction of sp³-hybridized carbons (Fsp3) is 0.562. The van der Waals surface area contributed by atoms with Gasteiger partial charge in [0, 0.05) is 4.43 Å². The molecule has 0 saturated carbocycles. The third kappa shape index (κ3) is 7.66. The topological polar surface area (TPSA) is 47.6 Å². The fourth-order valence-corrected chi connectivity index (χ4v) is 2.59. The molecule has 0 radical (unpaired) electrons. The molecule has 0 heterocycles. The van der Waals surface area contributed by atoms with E-state index in [1.54, 1.807) is 0 Å². The Bertz CT molecular complexity index is 431. The van der Waals surface area contributed by atoms with Gasteiger partial charge in [-0.3, -0.25) is 0 Å². The molecule has 1 aromatic rings. The first-order valence-electron chi connectivity index (χ1n) is 7.03. The van der Waals surface area contributed by atoms with E-state index >= 15 is 0 Å². The Hall–Kier alpha value is -0.820. The van der Waals surface area contributed by atoms with Crippen LogP contribution in [0.15, 0.2) is 30.3 Å². The molecular weight excluding hydrogens is 381 g/mol. The number of alkyl halides is 1. The van der Waals surface area contributed by atoms with Gasteiger partial charge in [0.15, 0.2) is 0 Å². The van der Waals surface area contributed by atoms with Gasteiger partial charge in [0.2, 0.25) is 0 Å². The lowest BCUT2D eigenvalue weighted by Crippen LogP contribution is -2.46. The SMILES string of the molecule is C[C@@H](OCc1ccccc1)[C@@H](CI)NC(=O)OC(C)(C)C. The molecule has 1 rings (SSSR count). The number of carbonyl (C=O) groups excluding carboxylic acids is 1. The second-order valence-electron chi connectivity index (χ2n) is 5.91. The van der Waals surface area contributed by atoms with Crippen molar-refractivity contribution in [3.05, 3.63) is 35.9 Å². The zero-order chi connectivity index (χ0) is 15.9. The van der Waals surface area contributed by atoms with Crippen molar-refractivity contribution in [2.75, 3.05) is 4.43 Å². The highest BCUT2D eigenvalue weighted by Crippen LogP contribution is 2.11. The summed E-state index contributed by atoms with van der Waals surface area (Å²) >= 11 is 2.24. The Balaban J connectivity index is 2.45. The zero-order valence-electron chi connectivity index (χ0n) is 13.1. The molecule has 118 valence electrons. The molecule has 0 spiro atoms. The molecule has 0 fully saturated rings. The van der Waals surface area contributed by atoms with E-state index in [2.05, 4.69) is 27.9 Å². The number of amides is 1. The third-order valence-corrected chi connectivity index (χ3v) is 3.74. The van der Waals surface area contributed by atoms with E-state index in [9.17, 15) is 4.79 Å². The van der Waals surface area contributed by atoms with Crippen LogP contribution in [0, 0.1) is 0 Å². The van der Waals surface area contributed by atoms with Gasteiger partial charge in [-0.1, -0.05) is 52.9 Å². The van der Waals surface area contributed by atoms with Gasteiger partial charge in [-0.15, -0.1) is 0 Å². The Morgan fingerprint density at radius 3 is 2.43 bits per heavy atom. The molecule has 0 bridgehead atoms. The van der Waals surface area contributed by atoms with Gasteiger partial charge in [-0.25, -0.2) is 4.79 Å². The van der Waals surface area contributed by atoms with Gasteiger partial charge in [-0.05, 0) is 33.3 Å². The summed E-state index contributed by atoms with van der Waals surface area (Å²) in [5, 5.41) is 2.87. The quantitative estimate of drug-likeness (QED) is 0.577. The molecule has 0 aliphatic rings. The molecule has 0 saturated heterocycles. The van der Waals surface area contributed by atoms with Gasteiger partial charge in [0.05, 0.1) is 18.8 Å². The molecular formula is C16H24INO3. The summed E-state index contributed by atoms with van der Waals surface area (Å²) < 4.78 is 11.9. The van der Waals surface area contributed by atoms with Crippen molar-refractivity contribution in [1.29, 1.82) is 0 Å². The molecule has 5 heteroatoms. The van der Waals surface area contributed by atoms with Crippen LogP contribution < -0.4 is 5.32 Å². The van der Waals surface area contributed by atoms with Crippen molar-refractivity contribution in [3.8, 4) is 0 Å². The van der Waals surface area contributed by atoms with Crippen LogP contribution in [0.3, 0.4) is 0 Å². The van der Waals surface area contributed by atoms with E-state index in [0.717, 1.165) is 9.99 Å². The molecule has 1 aromatic carbocycles. The highest BCUT2D eigenvalue weighted by Gasteiger charge is 2.23. The second-order valence-corrected chi connectivity index (χ2v) is 6.79. The van der Waals surface area contributed by atoms with Crippen LogP contribution in [0.4, 0.5) is 4.79 Å². The minimum atomic E-state index is -0.492. The maximum atomic E-state index is 11.8. The molecule has 1 N–H and O–H groups in total. The van der Waals surface area contributed by atoms with Crippen molar-refractivity contribution in [2.45, 2.75) is 52.0 Å². The summed E-state index contributed by atoms with van der Waals surface area (Å²) in [4.78, 5) is 11.8. The minimum Gasteiger partial charge on any atom is -0.444 e. The maximum Gasteiger partial charge on any atom is 0.407 e. The largest absolute Gasteiger partial charge is 0.444 e. The number of ether oxygens (including phenoxy) is 2. The van der Waals surface area contributed by atoms with Gasteiger partial charge in [0.25, 0.3) is 0 Å². The summed E-state index contributed by atoms with van der Waals surface area (Å²) in [5.41, 5.74) is 0.627. The van der Waals surface area contributed by atoms with Gasteiger partial charge in [-0.2, -0.15) is 0 Å². The lowest BCUT2D eigenvalue weighted by atomic mass is 10.2. The van der Waals surface area contributed by atoms with E-state index in [0.29, 0.717) is 6.61 Å². The number of halogens is 1. The van der Waals surface area contributed by atoms with Crippen LogP contribution in [0.25, 0.3) is 0 Å². The first kappa shape index (κ1) is 18.2. The standard InChI is InChI=1S/C16H24INO3/c1-12(20-11-13-8-6-5-7-9-13)14(10-17)18-15(19)21-16(2,3)4/h5-9,12,14H,10-11H2,1-4H3,(H,18,19)/t12-,14-/m1/s1. The van der Waals surface area contributed by atoms with E-state index < -0.39 is 11.7 Å². The highest BCUT2D eigenvalue weighted by molar-refractivity contribution is 14.1.